The number of pyridine rings is 1. The molecule has 2 rings (SSSR count). The number of aromatic nitrogens is 2. The van der Waals surface area contributed by atoms with E-state index in [0.29, 0.717) is 17.8 Å². The fourth-order valence-electron chi connectivity index (χ4n) is 1.69. The molecular weight excluding hydrogens is 280 g/mol. The van der Waals surface area contributed by atoms with Gasteiger partial charge in [0.1, 0.15) is 0 Å². The summed E-state index contributed by atoms with van der Waals surface area (Å²) in [7, 11) is 0. The highest BCUT2D eigenvalue weighted by molar-refractivity contribution is 5.97. The van der Waals surface area contributed by atoms with Gasteiger partial charge in [-0.1, -0.05) is 12.1 Å². The summed E-state index contributed by atoms with van der Waals surface area (Å²) in [6.07, 6.45) is 2.21. The largest absolute Gasteiger partial charge is 0.346 e. The topological polar surface area (TPSA) is 94.0 Å². The van der Waals surface area contributed by atoms with Gasteiger partial charge in [0.15, 0.2) is 0 Å². The lowest BCUT2D eigenvalue weighted by Crippen LogP contribution is -2.48. The molecule has 0 atom stereocenters. The number of nitrogens with zero attached hydrogens (tertiary/aromatic N) is 2. The first kappa shape index (κ1) is 16.4. The molecule has 0 saturated heterocycles. The molecule has 7 heteroatoms. The van der Waals surface area contributed by atoms with E-state index in [-0.39, 0.29) is 18.3 Å². The molecule has 2 aromatic rings. The second-order valence-electron chi connectivity index (χ2n) is 5.10. The van der Waals surface area contributed by atoms with Crippen LogP contribution in [-0.2, 0) is 6.42 Å². The van der Waals surface area contributed by atoms with Crippen molar-refractivity contribution < 1.29 is 9.32 Å². The van der Waals surface area contributed by atoms with Crippen LogP contribution >= 0.6 is 12.4 Å². The van der Waals surface area contributed by atoms with Crippen molar-refractivity contribution in [3.8, 4) is 0 Å². The first-order valence-corrected chi connectivity index (χ1v) is 6.23. The van der Waals surface area contributed by atoms with Gasteiger partial charge in [0.2, 0.25) is 0 Å². The van der Waals surface area contributed by atoms with Gasteiger partial charge in [0.05, 0.1) is 16.6 Å². The van der Waals surface area contributed by atoms with E-state index >= 15 is 0 Å². The monoisotopic (exact) mass is 298 g/mol. The molecule has 0 aliphatic rings. The highest BCUT2D eigenvalue weighted by Gasteiger charge is 2.20. The maximum atomic E-state index is 12.1. The Kier molecular flexibility index (Phi) is 5.08. The maximum absolute atomic E-state index is 12.1. The van der Waals surface area contributed by atoms with E-state index in [2.05, 4.69) is 15.5 Å². The number of rotatable bonds is 4. The summed E-state index contributed by atoms with van der Waals surface area (Å²) in [5.74, 6) is -0.201. The summed E-state index contributed by atoms with van der Waals surface area (Å²) in [6.45, 7) is 6.07. The molecular formula is C13H19ClN4O2. The third-order valence-electron chi connectivity index (χ3n) is 2.96. The number of aryl methyl sites for hydroxylation is 1. The Morgan fingerprint density at radius 2 is 2.20 bits per heavy atom. The summed E-state index contributed by atoms with van der Waals surface area (Å²) in [6, 6.07) is 1.75. The molecule has 0 radical (unpaired) electrons. The van der Waals surface area contributed by atoms with Gasteiger partial charge in [-0.3, -0.25) is 4.79 Å². The highest BCUT2D eigenvalue weighted by atomic mass is 35.5. The van der Waals surface area contributed by atoms with Crippen LogP contribution in [0.2, 0.25) is 0 Å². The quantitative estimate of drug-likeness (QED) is 0.895. The molecule has 0 saturated carbocycles. The van der Waals surface area contributed by atoms with Gasteiger partial charge in [0, 0.05) is 18.3 Å². The van der Waals surface area contributed by atoms with Crippen LogP contribution in [-0.4, -0.2) is 28.1 Å². The summed E-state index contributed by atoms with van der Waals surface area (Å²) in [5.41, 5.74) is 6.88. The Balaban J connectivity index is 0.00000200. The van der Waals surface area contributed by atoms with Crippen molar-refractivity contribution in [1.29, 1.82) is 0 Å². The average Bonchev–Trinajstić information content (AvgIpc) is 2.80. The van der Waals surface area contributed by atoms with Crippen molar-refractivity contribution in [2.45, 2.75) is 32.7 Å². The minimum Gasteiger partial charge on any atom is -0.346 e. The Bertz CT molecular complexity index is 609. The number of nitrogens with two attached hydrogens (primary N) is 1. The van der Waals surface area contributed by atoms with E-state index in [1.54, 1.807) is 6.07 Å². The first-order chi connectivity index (χ1) is 8.96. The van der Waals surface area contributed by atoms with Crippen LogP contribution in [0.15, 0.2) is 16.8 Å². The van der Waals surface area contributed by atoms with Gasteiger partial charge in [0.25, 0.3) is 11.6 Å². The van der Waals surface area contributed by atoms with Crippen LogP contribution in [0, 0.1) is 0 Å². The van der Waals surface area contributed by atoms with Crippen molar-refractivity contribution in [3.05, 3.63) is 23.5 Å². The molecule has 0 aliphatic heterocycles. The Morgan fingerprint density at radius 3 is 2.80 bits per heavy atom. The molecule has 2 heterocycles. The van der Waals surface area contributed by atoms with E-state index in [0.717, 1.165) is 17.5 Å². The summed E-state index contributed by atoms with van der Waals surface area (Å²) >= 11 is 0. The smallest absolute Gasteiger partial charge is 0.257 e. The van der Waals surface area contributed by atoms with Gasteiger partial charge < -0.3 is 15.6 Å². The van der Waals surface area contributed by atoms with Crippen molar-refractivity contribution in [2.75, 3.05) is 6.54 Å². The van der Waals surface area contributed by atoms with Gasteiger partial charge in [-0.25, -0.2) is 4.98 Å². The molecule has 0 aromatic carbocycles. The lowest BCUT2D eigenvalue weighted by atomic mass is 10.1. The van der Waals surface area contributed by atoms with Gasteiger partial charge in [-0.05, 0) is 26.3 Å². The lowest BCUT2D eigenvalue weighted by molar-refractivity contribution is 0.0915. The van der Waals surface area contributed by atoms with E-state index in [4.69, 9.17) is 10.3 Å². The highest BCUT2D eigenvalue weighted by Crippen LogP contribution is 2.18. The second kappa shape index (κ2) is 6.19. The van der Waals surface area contributed by atoms with Crippen LogP contribution in [0.1, 0.15) is 36.8 Å². The normalized spacial score (nSPS) is 11.2. The van der Waals surface area contributed by atoms with Crippen molar-refractivity contribution in [1.82, 2.24) is 15.5 Å². The van der Waals surface area contributed by atoms with E-state index in [9.17, 15) is 4.79 Å². The molecule has 20 heavy (non-hydrogen) atoms. The molecule has 0 unspecified atom stereocenters. The summed E-state index contributed by atoms with van der Waals surface area (Å²) in [5, 5.41) is 7.56. The molecule has 110 valence electrons. The summed E-state index contributed by atoms with van der Waals surface area (Å²) < 4.78 is 5.08. The average molecular weight is 299 g/mol. The van der Waals surface area contributed by atoms with Gasteiger partial charge >= 0.3 is 0 Å². The first-order valence-electron chi connectivity index (χ1n) is 6.23. The van der Waals surface area contributed by atoms with Gasteiger partial charge in [-0.15, -0.1) is 12.4 Å². The SMILES string of the molecule is CCc1noc2ncc(C(=O)NC(C)(C)CN)cc12.Cl. The molecule has 0 spiro atoms. The number of carbonyl (C=O) groups is 1. The van der Waals surface area contributed by atoms with E-state index in [1.165, 1.54) is 6.20 Å². The Labute approximate surface area is 123 Å². The number of hydrogen-bond donors (Lipinski definition) is 2. The number of fused-ring (bicyclic) bond motifs is 1. The fourth-order valence-corrected chi connectivity index (χ4v) is 1.69. The number of carbonyl (C=O) groups excluding carboxylic acids is 1. The summed E-state index contributed by atoms with van der Waals surface area (Å²) in [4.78, 5) is 16.2. The third-order valence-corrected chi connectivity index (χ3v) is 2.96. The minimum absolute atomic E-state index is 0. The van der Waals surface area contributed by atoms with Gasteiger partial charge in [-0.2, -0.15) is 0 Å². The van der Waals surface area contributed by atoms with Crippen molar-refractivity contribution >= 4 is 29.4 Å². The van der Waals surface area contributed by atoms with E-state index in [1.807, 2.05) is 20.8 Å². The zero-order chi connectivity index (χ0) is 14.0. The molecule has 0 bridgehead atoms. The zero-order valence-electron chi connectivity index (χ0n) is 11.8. The van der Waals surface area contributed by atoms with Crippen molar-refractivity contribution in [3.63, 3.8) is 0 Å². The number of halogens is 1. The Morgan fingerprint density at radius 1 is 1.50 bits per heavy atom. The number of hydrogen-bond acceptors (Lipinski definition) is 5. The Hall–Kier alpha value is -1.66. The standard InChI is InChI=1S/C13H18N4O2.ClH/c1-4-10-9-5-8(6-15-12(9)19-17-10)11(18)16-13(2,3)7-14;/h5-6H,4,7,14H2,1-3H3,(H,16,18);1H. The van der Waals surface area contributed by atoms with Crippen LogP contribution in [0.25, 0.3) is 11.1 Å². The molecule has 2 aromatic heterocycles. The van der Waals surface area contributed by atoms with Crippen LogP contribution < -0.4 is 11.1 Å². The molecule has 1 amide bonds. The fraction of sp³-hybridized carbons (Fsp3) is 0.462. The predicted octanol–water partition coefficient (Wildman–Crippen LogP) is 1.67. The van der Waals surface area contributed by atoms with Crippen LogP contribution in [0.5, 0.6) is 0 Å². The maximum Gasteiger partial charge on any atom is 0.257 e. The third kappa shape index (κ3) is 3.26. The molecule has 6 nitrogen and oxygen atoms in total. The van der Waals surface area contributed by atoms with Crippen LogP contribution in [0.4, 0.5) is 0 Å². The second-order valence-corrected chi connectivity index (χ2v) is 5.10. The predicted molar refractivity (Wildman–Crippen MR) is 79.0 cm³/mol. The van der Waals surface area contributed by atoms with Crippen molar-refractivity contribution in [2.24, 2.45) is 5.73 Å². The van der Waals surface area contributed by atoms with Crippen LogP contribution in [0.3, 0.4) is 0 Å². The molecule has 0 fully saturated rings. The minimum atomic E-state index is -0.450. The zero-order valence-corrected chi connectivity index (χ0v) is 12.6. The number of amides is 1. The van der Waals surface area contributed by atoms with E-state index < -0.39 is 5.54 Å². The number of nitrogens with one attached hydrogen (secondary N) is 1. The molecule has 3 N–H and O–H groups in total. The lowest BCUT2D eigenvalue weighted by Gasteiger charge is -2.24. The molecule has 0 aliphatic carbocycles.